The number of benzene rings is 1. The van der Waals surface area contributed by atoms with Gasteiger partial charge in [0.1, 0.15) is 12.4 Å². The molecule has 0 fully saturated rings. The molecule has 11 heteroatoms. The van der Waals surface area contributed by atoms with Crippen molar-refractivity contribution in [1.82, 2.24) is 15.0 Å². The smallest absolute Gasteiger partial charge is 0.416 e. The molecule has 0 unspecified atom stereocenters. The molecule has 0 spiro atoms. The monoisotopic (exact) mass is 423 g/mol. The second-order valence-corrected chi connectivity index (χ2v) is 6.18. The van der Waals surface area contributed by atoms with Crippen molar-refractivity contribution in [3.8, 4) is 11.3 Å². The summed E-state index contributed by atoms with van der Waals surface area (Å²) in [5, 5.41) is 14.1. The zero-order valence-corrected chi connectivity index (χ0v) is 15.3. The van der Waals surface area contributed by atoms with E-state index < -0.39 is 24.3 Å². The largest absolute Gasteiger partial charge is 0.480 e. The number of aliphatic carboxylic acids is 1. The average molecular weight is 424 g/mol. The molecular formula is C18H13ClF3N5O2. The molecule has 150 valence electrons. The molecule has 0 aliphatic rings. The Morgan fingerprint density at radius 2 is 1.97 bits per heavy atom. The highest BCUT2D eigenvalue weighted by molar-refractivity contribution is 6.33. The molecule has 0 aliphatic heterocycles. The van der Waals surface area contributed by atoms with Crippen molar-refractivity contribution < 1.29 is 23.1 Å². The van der Waals surface area contributed by atoms with E-state index in [1.54, 1.807) is 24.5 Å². The van der Waals surface area contributed by atoms with Gasteiger partial charge in [-0.05, 0) is 30.3 Å². The van der Waals surface area contributed by atoms with Crippen LogP contribution in [0.1, 0.15) is 5.56 Å². The lowest BCUT2D eigenvalue weighted by Gasteiger charge is -2.13. The van der Waals surface area contributed by atoms with Gasteiger partial charge in [0.05, 0.1) is 22.0 Å². The first-order valence-electron chi connectivity index (χ1n) is 8.11. The third-order valence-electron chi connectivity index (χ3n) is 3.64. The molecular weight excluding hydrogens is 411 g/mol. The number of anilines is 3. The number of pyridine rings is 1. The average Bonchev–Trinajstić information content (AvgIpc) is 2.68. The molecule has 0 saturated carbocycles. The highest BCUT2D eigenvalue weighted by Gasteiger charge is 2.30. The van der Waals surface area contributed by atoms with Crippen LogP contribution in [0.2, 0.25) is 5.02 Å². The highest BCUT2D eigenvalue weighted by atomic mass is 35.5. The Kier molecular flexibility index (Phi) is 5.83. The summed E-state index contributed by atoms with van der Waals surface area (Å²) in [7, 11) is 0. The summed E-state index contributed by atoms with van der Waals surface area (Å²) in [4.78, 5) is 23.2. The summed E-state index contributed by atoms with van der Waals surface area (Å²) in [6.07, 6.45) is -1.38. The van der Waals surface area contributed by atoms with Crippen molar-refractivity contribution in [2.24, 2.45) is 0 Å². The van der Waals surface area contributed by atoms with Gasteiger partial charge in [0.15, 0.2) is 0 Å². The summed E-state index contributed by atoms with van der Waals surface area (Å²) in [6, 6.07) is 7.85. The van der Waals surface area contributed by atoms with Crippen molar-refractivity contribution in [3.63, 3.8) is 0 Å². The first kappa shape index (κ1) is 20.3. The molecule has 2 aromatic heterocycles. The van der Waals surface area contributed by atoms with E-state index in [2.05, 4.69) is 25.6 Å². The Balaban J connectivity index is 1.95. The quantitative estimate of drug-likeness (QED) is 0.538. The predicted molar refractivity (Wildman–Crippen MR) is 101 cm³/mol. The molecule has 0 aliphatic carbocycles. The summed E-state index contributed by atoms with van der Waals surface area (Å²) < 4.78 is 38.4. The van der Waals surface area contributed by atoms with Crippen molar-refractivity contribution in [1.29, 1.82) is 0 Å². The summed E-state index contributed by atoms with van der Waals surface area (Å²) in [5.41, 5.74) is 0.372. The molecule has 3 N–H and O–H groups in total. The van der Waals surface area contributed by atoms with Crippen LogP contribution in [0.3, 0.4) is 0 Å². The number of carboxylic acids is 1. The molecule has 0 radical (unpaired) electrons. The van der Waals surface area contributed by atoms with Gasteiger partial charge >= 0.3 is 12.1 Å². The second-order valence-electron chi connectivity index (χ2n) is 5.77. The number of aromatic nitrogens is 3. The molecule has 7 nitrogen and oxygen atoms in total. The lowest BCUT2D eigenvalue weighted by molar-refractivity contribution is -0.137. The van der Waals surface area contributed by atoms with Gasteiger partial charge in [-0.3, -0.25) is 9.78 Å². The molecule has 0 atom stereocenters. The van der Waals surface area contributed by atoms with Gasteiger partial charge in [0, 0.05) is 24.0 Å². The van der Waals surface area contributed by atoms with Gasteiger partial charge in [0.2, 0.25) is 5.95 Å². The van der Waals surface area contributed by atoms with Crippen LogP contribution >= 0.6 is 11.6 Å². The van der Waals surface area contributed by atoms with Crippen LogP contribution < -0.4 is 10.6 Å². The molecule has 3 rings (SSSR count). The fourth-order valence-electron chi connectivity index (χ4n) is 2.34. The van der Waals surface area contributed by atoms with Crippen molar-refractivity contribution >= 4 is 35.0 Å². The molecule has 3 aromatic rings. The van der Waals surface area contributed by atoms with E-state index in [4.69, 9.17) is 16.7 Å². The summed E-state index contributed by atoms with van der Waals surface area (Å²) in [5.74, 6) is -0.895. The molecule has 0 bridgehead atoms. The van der Waals surface area contributed by atoms with Crippen LogP contribution in [-0.2, 0) is 11.0 Å². The number of nitrogens with one attached hydrogen (secondary N) is 2. The number of hydrogen-bond donors (Lipinski definition) is 3. The number of nitrogens with zero attached hydrogens (tertiary/aromatic N) is 3. The van der Waals surface area contributed by atoms with E-state index in [-0.39, 0.29) is 22.5 Å². The number of carboxylic acid groups (broad SMARTS) is 1. The first-order chi connectivity index (χ1) is 13.7. The maximum Gasteiger partial charge on any atom is 0.416 e. The summed E-state index contributed by atoms with van der Waals surface area (Å²) >= 11 is 5.98. The predicted octanol–water partition coefficient (Wildman–Crippen LogP) is 4.45. The van der Waals surface area contributed by atoms with Gasteiger partial charge in [0.25, 0.3) is 0 Å². The van der Waals surface area contributed by atoms with E-state index in [1.165, 1.54) is 12.1 Å². The van der Waals surface area contributed by atoms with Crippen molar-refractivity contribution in [2.45, 2.75) is 6.18 Å². The normalized spacial score (nSPS) is 11.2. The number of carbonyl (C=O) groups is 1. The zero-order valence-electron chi connectivity index (χ0n) is 14.5. The third kappa shape index (κ3) is 5.32. The van der Waals surface area contributed by atoms with Gasteiger partial charge in [-0.2, -0.15) is 18.2 Å². The van der Waals surface area contributed by atoms with E-state index in [1.807, 2.05) is 0 Å². The second kappa shape index (κ2) is 8.31. The number of alkyl halides is 3. The Bertz CT molecular complexity index is 1030. The van der Waals surface area contributed by atoms with Crippen LogP contribution in [0.25, 0.3) is 11.3 Å². The number of rotatable bonds is 6. The molecule has 0 saturated heterocycles. The maximum absolute atomic E-state index is 12.8. The van der Waals surface area contributed by atoms with E-state index in [9.17, 15) is 18.0 Å². The minimum atomic E-state index is -4.52. The van der Waals surface area contributed by atoms with Gasteiger partial charge < -0.3 is 15.7 Å². The zero-order chi connectivity index (χ0) is 21.0. The number of hydrogen-bond acceptors (Lipinski definition) is 6. The van der Waals surface area contributed by atoms with Crippen molar-refractivity contribution in [2.75, 3.05) is 17.2 Å². The molecule has 29 heavy (non-hydrogen) atoms. The summed E-state index contributed by atoms with van der Waals surface area (Å²) in [6.45, 7) is -0.420. The third-order valence-corrected chi connectivity index (χ3v) is 3.95. The molecule has 1 aromatic carbocycles. The Hall–Kier alpha value is -3.40. The SMILES string of the molecule is O=C(O)CNc1nc(Nc2ccc(C(F)(F)F)cc2Cl)cc(-c2cccnc2)n1. The maximum atomic E-state index is 12.8. The van der Waals surface area contributed by atoms with E-state index >= 15 is 0 Å². The number of halogens is 4. The lowest BCUT2D eigenvalue weighted by atomic mass is 10.2. The van der Waals surface area contributed by atoms with Gasteiger partial charge in [-0.15, -0.1) is 0 Å². The molecule has 0 amide bonds. The van der Waals surface area contributed by atoms with Crippen LogP contribution in [0.4, 0.5) is 30.6 Å². The fraction of sp³-hybridized carbons (Fsp3) is 0.111. The van der Waals surface area contributed by atoms with Crippen LogP contribution in [-0.4, -0.2) is 32.6 Å². The van der Waals surface area contributed by atoms with Crippen molar-refractivity contribution in [3.05, 3.63) is 59.4 Å². The van der Waals surface area contributed by atoms with E-state index in [0.717, 1.165) is 12.1 Å². The van der Waals surface area contributed by atoms with E-state index in [0.29, 0.717) is 11.3 Å². The standard InChI is InChI=1S/C18H13ClF3N5O2/c19-12-6-11(18(20,21)22)3-4-13(12)25-15-7-14(10-2-1-5-23-8-10)26-17(27-15)24-9-16(28)29/h1-8H,9H2,(H,28,29)(H2,24,25,26,27). The topological polar surface area (TPSA) is 100 Å². The van der Waals surface area contributed by atoms with Crippen LogP contribution in [0, 0.1) is 0 Å². The first-order valence-corrected chi connectivity index (χ1v) is 8.49. The fourth-order valence-corrected chi connectivity index (χ4v) is 2.57. The minimum Gasteiger partial charge on any atom is -0.480 e. The Labute approximate surface area is 167 Å². The minimum absolute atomic E-state index is 0.0132. The van der Waals surface area contributed by atoms with Gasteiger partial charge in [-0.25, -0.2) is 4.98 Å². The van der Waals surface area contributed by atoms with Crippen LogP contribution in [0.15, 0.2) is 48.8 Å². The van der Waals surface area contributed by atoms with Crippen LogP contribution in [0.5, 0.6) is 0 Å². The Morgan fingerprint density at radius 1 is 1.17 bits per heavy atom. The highest BCUT2D eigenvalue weighted by Crippen LogP contribution is 2.35. The molecule has 2 heterocycles. The lowest BCUT2D eigenvalue weighted by Crippen LogP contribution is -2.15. The van der Waals surface area contributed by atoms with Gasteiger partial charge in [-0.1, -0.05) is 11.6 Å². The Morgan fingerprint density at radius 3 is 2.59 bits per heavy atom.